The summed E-state index contributed by atoms with van der Waals surface area (Å²) in [5.74, 6) is -0.854. The normalized spacial score (nSPS) is 9.80. The lowest BCUT2D eigenvalue weighted by Gasteiger charge is -2.10. The fourth-order valence-corrected chi connectivity index (χ4v) is 1.33. The molecule has 0 aliphatic rings. The van der Waals surface area contributed by atoms with Crippen molar-refractivity contribution in [3.8, 4) is 5.75 Å². The van der Waals surface area contributed by atoms with Crippen LogP contribution in [0.1, 0.15) is 34.6 Å². The van der Waals surface area contributed by atoms with Crippen molar-refractivity contribution in [1.29, 1.82) is 0 Å². The number of hydrogen-bond acceptors (Lipinski definition) is 3. The van der Waals surface area contributed by atoms with Crippen molar-refractivity contribution in [2.75, 3.05) is 6.61 Å². The number of carbonyl (C=O) groups excluding carboxylic acids is 2. The van der Waals surface area contributed by atoms with Crippen molar-refractivity contribution in [2.45, 2.75) is 13.8 Å². The highest BCUT2D eigenvalue weighted by Gasteiger charge is 2.17. The average molecular weight is 210 g/mol. The monoisotopic (exact) mass is 210 g/mol. The van der Waals surface area contributed by atoms with Gasteiger partial charge >= 0.3 is 0 Å². The molecule has 1 rings (SSSR count). The third-order valence-corrected chi connectivity index (χ3v) is 1.92. The van der Waals surface area contributed by atoms with Crippen molar-refractivity contribution < 1.29 is 18.7 Å². The SMILES string of the molecule is CCOc1ccc(F)c(C=O)c1C(C)=O. The van der Waals surface area contributed by atoms with E-state index in [1.165, 1.54) is 13.0 Å². The van der Waals surface area contributed by atoms with E-state index in [1.807, 2.05) is 0 Å². The molecule has 80 valence electrons. The Labute approximate surface area is 86.9 Å². The Bertz CT molecular complexity index is 399. The minimum absolute atomic E-state index is 0.00634. The van der Waals surface area contributed by atoms with E-state index in [-0.39, 0.29) is 22.7 Å². The van der Waals surface area contributed by atoms with E-state index in [9.17, 15) is 14.0 Å². The number of carbonyl (C=O) groups is 2. The highest BCUT2D eigenvalue weighted by Crippen LogP contribution is 2.24. The zero-order chi connectivity index (χ0) is 11.4. The largest absolute Gasteiger partial charge is 0.493 e. The molecule has 0 amide bonds. The van der Waals surface area contributed by atoms with E-state index in [4.69, 9.17) is 4.74 Å². The molecule has 0 spiro atoms. The summed E-state index contributed by atoms with van der Waals surface area (Å²) >= 11 is 0. The molecule has 0 heterocycles. The third-order valence-electron chi connectivity index (χ3n) is 1.92. The Morgan fingerprint density at radius 3 is 2.67 bits per heavy atom. The van der Waals surface area contributed by atoms with Crippen molar-refractivity contribution >= 4 is 12.1 Å². The first-order valence-electron chi connectivity index (χ1n) is 4.53. The van der Waals surface area contributed by atoms with Gasteiger partial charge in [-0.05, 0) is 26.0 Å². The van der Waals surface area contributed by atoms with Crippen LogP contribution in [-0.4, -0.2) is 18.7 Å². The molecule has 0 radical (unpaired) electrons. The quantitative estimate of drug-likeness (QED) is 0.565. The molecule has 1 aromatic carbocycles. The fourth-order valence-electron chi connectivity index (χ4n) is 1.33. The minimum atomic E-state index is -0.710. The van der Waals surface area contributed by atoms with Crippen LogP contribution in [0.2, 0.25) is 0 Å². The summed E-state index contributed by atoms with van der Waals surface area (Å²) in [6.45, 7) is 3.36. The molecule has 0 atom stereocenters. The highest BCUT2D eigenvalue weighted by atomic mass is 19.1. The van der Waals surface area contributed by atoms with Gasteiger partial charge in [0, 0.05) is 0 Å². The molecule has 15 heavy (non-hydrogen) atoms. The Balaban J connectivity index is 3.41. The lowest BCUT2D eigenvalue weighted by molar-refractivity contribution is 0.1000. The maximum Gasteiger partial charge on any atom is 0.164 e. The van der Waals surface area contributed by atoms with E-state index in [0.717, 1.165) is 6.07 Å². The van der Waals surface area contributed by atoms with Crippen molar-refractivity contribution in [1.82, 2.24) is 0 Å². The Morgan fingerprint density at radius 1 is 1.53 bits per heavy atom. The summed E-state index contributed by atoms with van der Waals surface area (Å²) in [6, 6.07) is 2.46. The van der Waals surface area contributed by atoms with Crippen molar-refractivity contribution in [3.05, 3.63) is 29.1 Å². The van der Waals surface area contributed by atoms with Crippen LogP contribution < -0.4 is 4.74 Å². The van der Waals surface area contributed by atoms with Crippen LogP contribution in [0, 0.1) is 5.82 Å². The summed E-state index contributed by atoms with van der Waals surface area (Å²) < 4.78 is 18.3. The minimum Gasteiger partial charge on any atom is -0.493 e. The smallest absolute Gasteiger partial charge is 0.164 e. The molecule has 0 bridgehead atoms. The summed E-state index contributed by atoms with van der Waals surface area (Å²) in [5.41, 5.74) is -0.236. The van der Waals surface area contributed by atoms with E-state index < -0.39 is 5.82 Å². The average Bonchev–Trinajstić information content (AvgIpc) is 2.20. The molecule has 0 saturated carbocycles. The number of rotatable bonds is 4. The maximum absolute atomic E-state index is 13.2. The summed E-state index contributed by atoms with van der Waals surface area (Å²) in [6.07, 6.45) is 0.328. The van der Waals surface area contributed by atoms with Gasteiger partial charge in [0.1, 0.15) is 11.6 Å². The molecule has 0 aliphatic heterocycles. The van der Waals surface area contributed by atoms with Gasteiger partial charge in [0.25, 0.3) is 0 Å². The first-order chi connectivity index (χ1) is 7.11. The van der Waals surface area contributed by atoms with Gasteiger partial charge in [0.05, 0.1) is 17.7 Å². The second-order valence-electron chi connectivity index (χ2n) is 2.94. The van der Waals surface area contributed by atoms with Gasteiger partial charge in [0.2, 0.25) is 0 Å². The van der Waals surface area contributed by atoms with Gasteiger partial charge in [-0.1, -0.05) is 0 Å². The van der Waals surface area contributed by atoms with Crippen LogP contribution in [0.5, 0.6) is 5.75 Å². The Hall–Kier alpha value is -1.71. The van der Waals surface area contributed by atoms with Gasteiger partial charge in [-0.2, -0.15) is 0 Å². The first-order valence-corrected chi connectivity index (χ1v) is 4.53. The molecule has 0 N–H and O–H groups in total. The standard InChI is InChI=1S/C11H11FO3/c1-3-15-10-5-4-9(12)8(6-13)11(10)7(2)14/h4-6H,3H2,1-2H3. The fraction of sp³-hybridized carbons (Fsp3) is 0.273. The molecular weight excluding hydrogens is 199 g/mol. The molecule has 3 nitrogen and oxygen atoms in total. The molecule has 0 unspecified atom stereocenters. The molecule has 0 fully saturated rings. The van der Waals surface area contributed by atoms with E-state index in [0.29, 0.717) is 12.9 Å². The van der Waals surface area contributed by atoms with E-state index in [1.54, 1.807) is 6.92 Å². The molecular formula is C11H11FO3. The number of hydrogen-bond donors (Lipinski definition) is 0. The third kappa shape index (κ3) is 2.21. The second kappa shape index (κ2) is 4.68. The Morgan fingerprint density at radius 2 is 2.20 bits per heavy atom. The van der Waals surface area contributed by atoms with E-state index >= 15 is 0 Å². The molecule has 0 aromatic heterocycles. The van der Waals surface area contributed by atoms with Gasteiger partial charge in [0.15, 0.2) is 12.1 Å². The second-order valence-corrected chi connectivity index (χ2v) is 2.94. The van der Waals surface area contributed by atoms with Crippen LogP contribution >= 0.6 is 0 Å². The highest BCUT2D eigenvalue weighted by molar-refractivity contribution is 6.03. The van der Waals surface area contributed by atoms with Crippen LogP contribution in [0.15, 0.2) is 12.1 Å². The van der Waals surface area contributed by atoms with Gasteiger partial charge < -0.3 is 4.74 Å². The number of Topliss-reactive ketones (excluding diaryl/α,β-unsaturated/α-hetero) is 1. The van der Waals surface area contributed by atoms with Gasteiger partial charge in [-0.25, -0.2) is 4.39 Å². The topological polar surface area (TPSA) is 43.4 Å². The zero-order valence-corrected chi connectivity index (χ0v) is 8.54. The molecule has 0 saturated heterocycles. The lowest BCUT2D eigenvalue weighted by atomic mass is 10.0. The number of ketones is 1. The van der Waals surface area contributed by atoms with Crippen LogP contribution in [0.3, 0.4) is 0 Å². The number of ether oxygens (including phenoxy) is 1. The number of halogens is 1. The molecule has 4 heteroatoms. The predicted molar refractivity (Wildman–Crippen MR) is 53.0 cm³/mol. The Kier molecular flexibility index (Phi) is 3.55. The summed E-state index contributed by atoms with van der Waals surface area (Å²) in [5, 5.41) is 0. The number of benzene rings is 1. The van der Waals surface area contributed by atoms with Gasteiger partial charge in [-0.15, -0.1) is 0 Å². The van der Waals surface area contributed by atoms with Crippen molar-refractivity contribution in [3.63, 3.8) is 0 Å². The van der Waals surface area contributed by atoms with E-state index in [2.05, 4.69) is 0 Å². The van der Waals surface area contributed by atoms with Gasteiger partial charge in [-0.3, -0.25) is 9.59 Å². The lowest BCUT2D eigenvalue weighted by Crippen LogP contribution is -2.06. The van der Waals surface area contributed by atoms with Crippen molar-refractivity contribution in [2.24, 2.45) is 0 Å². The predicted octanol–water partition coefficient (Wildman–Crippen LogP) is 2.24. The zero-order valence-electron chi connectivity index (χ0n) is 8.54. The first kappa shape index (κ1) is 11.4. The maximum atomic E-state index is 13.2. The molecule has 0 aliphatic carbocycles. The number of aldehydes is 1. The van der Waals surface area contributed by atoms with Crippen LogP contribution in [0.25, 0.3) is 0 Å². The summed E-state index contributed by atoms with van der Waals surface area (Å²) in [4.78, 5) is 21.9. The van der Waals surface area contributed by atoms with Crippen LogP contribution in [-0.2, 0) is 0 Å². The summed E-state index contributed by atoms with van der Waals surface area (Å²) in [7, 11) is 0. The molecule has 1 aromatic rings. The van der Waals surface area contributed by atoms with Crippen LogP contribution in [0.4, 0.5) is 4.39 Å².